The summed E-state index contributed by atoms with van der Waals surface area (Å²) in [4.78, 5) is 20.9. The van der Waals surface area contributed by atoms with Crippen molar-refractivity contribution in [1.29, 1.82) is 0 Å². The molecule has 2 bridgehead atoms. The van der Waals surface area contributed by atoms with Gasteiger partial charge in [0.05, 0.1) is 18.3 Å². The molecule has 2 aliphatic heterocycles. The number of aliphatic hydroxyl groups excluding tert-OH is 2. The minimum Gasteiger partial charge on any atom is -0.397 e. The van der Waals surface area contributed by atoms with Crippen LogP contribution in [0, 0.1) is 0 Å². The molecule has 31 heavy (non-hydrogen) atoms. The van der Waals surface area contributed by atoms with Gasteiger partial charge in [0.15, 0.2) is 11.9 Å². The van der Waals surface area contributed by atoms with Gasteiger partial charge in [-0.2, -0.15) is 8.42 Å². The lowest BCUT2D eigenvalue weighted by molar-refractivity contribution is -0.120. The van der Waals surface area contributed by atoms with Crippen molar-refractivity contribution in [3.05, 3.63) is 18.1 Å². The summed E-state index contributed by atoms with van der Waals surface area (Å²) in [6, 6.07) is 0.551. The number of aryl methyl sites for hydroxylation is 1. The number of ether oxygens (including phenoxy) is 1. The zero-order chi connectivity index (χ0) is 22.3. The summed E-state index contributed by atoms with van der Waals surface area (Å²) in [6.07, 6.45) is -1.95. The first-order valence-electron chi connectivity index (χ1n) is 9.77. The van der Waals surface area contributed by atoms with Crippen molar-refractivity contribution in [3.8, 4) is 0 Å². The summed E-state index contributed by atoms with van der Waals surface area (Å²) >= 11 is 0. The van der Waals surface area contributed by atoms with Gasteiger partial charge >= 0.3 is 10.3 Å². The molecule has 0 unspecified atom stereocenters. The van der Waals surface area contributed by atoms with Crippen LogP contribution in [0.15, 0.2) is 12.3 Å². The molecule has 2 aliphatic rings. The minimum atomic E-state index is -4.48. The van der Waals surface area contributed by atoms with Gasteiger partial charge in [-0.1, -0.05) is 6.42 Å². The molecule has 170 valence electrons. The minimum absolute atomic E-state index is 0.242. The van der Waals surface area contributed by atoms with Crippen LogP contribution in [0.2, 0.25) is 0 Å². The maximum atomic E-state index is 12.0. The second-order valence-electron chi connectivity index (χ2n) is 7.57. The highest BCUT2D eigenvalue weighted by molar-refractivity contribution is 7.85. The van der Waals surface area contributed by atoms with Crippen molar-refractivity contribution in [2.75, 3.05) is 12.3 Å². The maximum absolute atomic E-state index is 12.0. The van der Waals surface area contributed by atoms with Crippen LogP contribution in [0.5, 0.6) is 0 Å². The number of hydrogen-bond acceptors (Lipinski definition) is 11. The number of aromatic nitrogens is 3. The molecule has 0 aliphatic carbocycles. The molecule has 2 aromatic rings. The quantitative estimate of drug-likeness (QED) is 0.295. The molecule has 1 amide bonds. The third-order valence-corrected chi connectivity index (χ3v) is 6.29. The number of nitrogens with one attached hydrogen (secondary N) is 1. The van der Waals surface area contributed by atoms with Gasteiger partial charge in [0, 0.05) is 12.6 Å². The number of amides is 1. The zero-order valence-electron chi connectivity index (χ0n) is 16.4. The topological polar surface area (TPSA) is 205 Å². The Labute approximate surface area is 177 Å². The number of nitrogens with two attached hydrogens (primary N) is 2. The lowest BCUT2D eigenvalue weighted by Crippen LogP contribution is -2.45. The molecule has 1 saturated heterocycles. The number of nitrogens with zero attached hydrogens (tertiary/aromatic N) is 3. The maximum Gasteiger partial charge on any atom is 0.362 e. The van der Waals surface area contributed by atoms with E-state index in [4.69, 9.17) is 20.4 Å². The number of aliphatic hydroxyl groups is 2. The van der Waals surface area contributed by atoms with Crippen LogP contribution in [0.3, 0.4) is 0 Å². The number of carbonyl (C=O) groups is 1. The predicted molar refractivity (Wildman–Crippen MR) is 106 cm³/mol. The van der Waals surface area contributed by atoms with E-state index in [0.29, 0.717) is 41.9 Å². The molecule has 0 radical (unpaired) electrons. The fourth-order valence-corrected chi connectivity index (χ4v) is 4.51. The number of imidazole rings is 1. The van der Waals surface area contributed by atoms with E-state index in [1.54, 1.807) is 15.4 Å². The van der Waals surface area contributed by atoms with E-state index in [1.807, 2.05) is 0 Å². The van der Waals surface area contributed by atoms with E-state index in [9.17, 15) is 23.4 Å². The third-order valence-electron chi connectivity index (χ3n) is 5.39. The molecule has 4 heterocycles. The Balaban J connectivity index is 1.74. The number of nitrogen functional groups attached to an aromatic ring is 1. The van der Waals surface area contributed by atoms with Crippen LogP contribution < -0.4 is 16.2 Å². The summed E-state index contributed by atoms with van der Waals surface area (Å²) < 4.78 is 37.9. The SMILES string of the molecule is Nc1ccnc2c1nc1n2[C@@H]2O[C@H](COS(=O)(=O)NC(=O)[C@@H](N)CCCC1)[C@@H](O)[C@H]2O. The van der Waals surface area contributed by atoms with Crippen LogP contribution in [-0.4, -0.2) is 70.0 Å². The van der Waals surface area contributed by atoms with Crippen LogP contribution in [-0.2, 0) is 30.4 Å². The zero-order valence-corrected chi connectivity index (χ0v) is 17.2. The molecule has 4 rings (SSSR count). The fraction of sp³-hybridized carbons (Fsp3) is 0.588. The number of rotatable bonds is 0. The number of hydrogen-bond donors (Lipinski definition) is 5. The van der Waals surface area contributed by atoms with E-state index in [0.717, 1.165) is 0 Å². The van der Waals surface area contributed by atoms with Crippen molar-refractivity contribution in [3.63, 3.8) is 0 Å². The molecule has 0 aromatic carbocycles. The standard InChI is InChI=1S/C17H24N6O7S/c18-8-5-6-20-15-12(8)21-11-4-2-1-3-9(19)16(26)22-31(27,28)29-7-10-13(24)14(25)17(30-10)23(11)15/h5-6,9-10,13-14,17,24-25H,1-4,7,19H2,(H2,18,20)(H,22,26)/t9-,10+,13+,14+,17+/m0/s1. The van der Waals surface area contributed by atoms with Crippen molar-refractivity contribution >= 4 is 33.1 Å². The van der Waals surface area contributed by atoms with Crippen LogP contribution >= 0.6 is 0 Å². The summed E-state index contributed by atoms with van der Waals surface area (Å²) in [5, 5.41) is 21.0. The molecule has 7 N–H and O–H groups in total. The van der Waals surface area contributed by atoms with Gasteiger partial charge in [0.2, 0.25) is 0 Å². The normalized spacial score (nSPS) is 32.1. The highest BCUT2D eigenvalue weighted by Gasteiger charge is 2.46. The molecule has 13 nitrogen and oxygen atoms in total. The Hall–Kier alpha value is -2.36. The molecule has 14 heteroatoms. The first-order chi connectivity index (χ1) is 14.7. The fourth-order valence-electron chi connectivity index (χ4n) is 3.74. The molecular formula is C17H24N6O7S. The van der Waals surface area contributed by atoms with E-state index >= 15 is 0 Å². The Morgan fingerprint density at radius 1 is 1.26 bits per heavy atom. The molecule has 0 saturated carbocycles. The highest BCUT2D eigenvalue weighted by Crippen LogP contribution is 2.34. The number of pyridine rings is 1. The largest absolute Gasteiger partial charge is 0.397 e. The second-order valence-corrected chi connectivity index (χ2v) is 8.92. The number of fused-ring (bicyclic) bond motifs is 6. The predicted octanol–water partition coefficient (Wildman–Crippen LogP) is -1.94. The highest BCUT2D eigenvalue weighted by atomic mass is 32.2. The van der Waals surface area contributed by atoms with Crippen molar-refractivity contribution < 1.29 is 32.3 Å². The lowest BCUT2D eigenvalue weighted by atomic mass is 10.1. The number of anilines is 1. The Kier molecular flexibility index (Phi) is 5.85. The van der Waals surface area contributed by atoms with Crippen LogP contribution in [0.25, 0.3) is 11.2 Å². The average molecular weight is 456 g/mol. The van der Waals surface area contributed by atoms with E-state index < -0.39 is 53.4 Å². The monoisotopic (exact) mass is 456 g/mol. The Bertz CT molecular complexity index is 1090. The van der Waals surface area contributed by atoms with Crippen molar-refractivity contribution in [1.82, 2.24) is 19.3 Å². The summed E-state index contributed by atoms with van der Waals surface area (Å²) in [7, 11) is -4.48. The van der Waals surface area contributed by atoms with Gasteiger partial charge in [-0.15, -0.1) is 0 Å². The summed E-state index contributed by atoms with van der Waals surface area (Å²) in [6.45, 7) is -0.635. The molecule has 5 atom stereocenters. The van der Waals surface area contributed by atoms with Gasteiger partial charge < -0.3 is 26.4 Å². The van der Waals surface area contributed by atoms with Gasteiger partial charge in [-0.05, 0) is 18.9 Å². The molecule has 2 aromatic heterocycles. The lowest BCUT2D eigenvalue weighted by Gasteiger charge is -2.19. The second kappa shape index (κ2) is 8.29. The van der Waals surface area contributed by atoms with E-state index in [-0.39, 0.29) is 6.42 Å². The first kappa shape index (κ1) is 21.9. The Morgan fingerprint density at radius 2 is 2.03 bits per heavy atom. The molecule has 0 spiro atoms. The summed E-state index contributed by atoms with van der Waals surface area (Å²) in [5.41, 5.74) is 13.0. The smallest absolute Gasteiger partial charge is 0.362 e. The van der Waals surface area contributed by atoms with Gasteiger partial charge in [-0.3, -0.25) is 13.5 Å². The third kappa shape index (κ3) is 4.22. The van der Waals surface area contributed by atoms with Crippen LogP contribution in [0.1, 0.15) is 31.3 Å². The summed E-state index contributed by atoms with van der Waals surface area (Å²) in [5.74, 6) is -0.386. The molecule has 1 fully saturated rings. The van der Waals surface area contributed by atoms with E-state index in [2.05, 4.69) is 9.97 Å². The Morgan fingerprint density at radius 3 is 2.81 bits per heavy atom. The number of carbonyl (C=O) groups excluding carboxylic acids is 1. The van der Waals surface area contributed by atoms with Crippen LogP contribution in [0.4, 0.5) is 5.69 Å². The average Bonchev–Trinajstić information content (AvgIpc) is 3.21. The van der Waals surface area contributed by atoms with Gasteiger partial charge in [0.1, 0.15) is 29.7 Å². The molecular weight excluding hydrogens is 432 g/mol. The van der Waals surface area contributed by atoms with Gasteiger partial charge in [-0.25, -0.2) is 14.7 Å². The van der Waals surface area contributed by atoms with Crippen molar-refractivity contribution in [2.24, 2.45) is 5.73 Å². The first-order valence-corrected chi connectivity index (χ1v) is 11.2. The van der Waals surface area contributed by atoms with Gasteiger partial charge in [0.25, 0.3) is 5.91 Å². The van der Waals surface area contributed by atoms with Crippen molar-refractivity contribution in [2.45, 2.75) is 56.3 Å². The van der Waals surface area contributed by atoms with E-state index in [1.165, 1.54) is 6.20 Å².